The van der Waals surface area contributed by atoms with Gasteiger partial charge in [-0.1, -0.05) is 64.4 Å². The summed E-state index contributed by atoms with van der Waals surface area (Å²) in [5, 5.41) is 7.80. The molecule has 3 rings (SSSR count). The van der Waals surface area contributed by atoms with Gasteiger partial charge in [0, 0.05) is 19.0 Å². The monoisotopic (exact) mass is 447 g/mol. The van der Waals surface area contributed by atoms with Gasteiger partial charge in [0.05, 0.1) is 16.9 Å². The van der Waals surface area contributed by atoms with Crippen molar-refractivity contribution in [2.45, 2.75) is 60.8 Å². The van der Waals surface area contributed by atoms with Crippen LogP contribution in [0.1, 0.15) is 58.7 Å². The van der Waals surface area contributed by atoms with Gasteiger partial charge in [-0.25, -0.2) is 0 Å². The number of benzene rings is 2. The second kappa shape index (κ2) is 10.0. The number of rotatable bonds is 7. The highest BCUT2D eigenvalue weighted by Crippen LogP contribution is 2.37. The molecule has 0 aliphatic heterocycles. The number of anilines is 1. The second-order valence-electron chi connectivity index (χ2n) is 9.53. The van der Waals surface area contributed by atoms with Crippen molar-refractivity contribution >= 4 is 17.6 Å². The van der Waals surface area contributed by atoms with Crippen LogP contribution in [0.15, 0.2) is 48.5 Å². The van der Waals surface area contributed by atoms with E-state index in [1.165, 1.54) is 6.92 Å². The number of aromatic nitrogens is 2. The van der Waals surface area contributed by atoms with E-state index in [1.54, 1.807) is 4.68 Å². The molecular formula is C27H33N3O3. The Morgan fingerprint density at radius 2 is 1.73 bits per heavy atom. The summed E-state index contributed by atoms with van der Waals surface area (Å²) in [5.74, 6) is -0.0141. The number of aryl methyl sites for hydroxylation is 2. The van der Waals surface area contributed by atoms with Crippen LogP contribution in [0.3, 0.4) is 0 Å². The Morgan fingerprint density at radius 1 is 1.06 bits per heavy atom. The quantitative estimate of drug-likeness (QED) is 0.444. The van der Waals surface area contributed by atoms with Crippen LogP contribution >= 0.6 is 0 Å². The van der Waals surface area contributed by atoms with Crippen LogP contribution in [0.25, 0.3) is 16.8 Å². The third-order valence-electron chi connectivity index (χ3n) is 5.13. The molecule has 2 aromatic carbocycles. The van der Waals surface area contributed by atoms with E-state index in [9.17, 15) is 9.59 Å². The molecule has 0 atom stereocenters. The molecule has 0 saturated heterocycles. The largest absolute Gasteiger partial charge is 0.407 e. The molecule has 0 saturated carbocycles. The van der Waals surface area contributed by atoms with Gasteiger partial charge in [-0.05, 0) is 48.1 Å². The van der Waals surface area contributed by atoms with E-state index in [1.807, 2.05) is 76.2 Å². The van der Waals surface area contributed by atoms with Crippen LogP contribution < -0.4 is 10.1 Å². The molecule has 0 unspecified atom stereocenters. The first-order chi connectivity index (χ1) is 15.6. The zero-order valence-electron chi connectivity index (χ0n) is 20.4. The first-order valence-corrected chi connectivity index (χ1v) is 11.4. The molecule has 0 radical (unpaired) electrons. The van der Waals surface area contributed by atoms with E-state index < -0.39 is 5.97 Å². The van der Waals surface area contributed by atoms with Crippen LogP contribution in [-0.2, 0) is 16.0 Å². The lowest BCUT2D eigenvalue weighted by atomic mass is 9.92. The molecule has 6 nitrogen and oxygen atoms in total. The summed E-state index contributed by atoms with van der Waals surface area (Å²) in [4.78, 5) is 24.3. The van der Waals surface area contributed by atoms with Crippen molar-refractivity contribution in [1.29, 1.82) is 0 Å². The Balaban J connectivity index is 2.05. The van der Waals surface area contributed by atoms with E-state index in [4.69, 9.17) is 9.84 Å². The molecule has 1 heterocycles. The number of hydrogen-bond donors (Lipinski definition) is 1. The minimum absolute atomic E-state index is 0.0186. The van der Waals surface area contributed by atoms with Gasteiger partial charge < -0.3 is 10.1 Å². The third kappa shape index (κ3) is 6.09. The first kappa shape index (κ1) is 24.2. The molecule has 0 aliphatic rings. The lowest BCUT2D eigenvalue weighted by Crippen LogP contribution is -2.19. The molecule has 33 heavy (non-hydrogen) atoms. The summed E-state index contributed by atoms with van der Waals surface area (Å²) in [6.45, 7) is 11.6. The molecule has 0 aliphatic carbocycles. The van der Waals surface area contributed by atoms with Gasteiger partial charge in [-0.3, -0.25) is 9.59 Å². The fraction of sp³-hybridized carbons (Fsp3) is 0.370. The van der Waals surface area contributed by atoms with Gasteiger partial charge in [-0.15, -0.1) is 0 Å². The highest BCUT2D eigenvalue weighted by Gasteiger charge is 2.24. The van der Waals surface area contributed by atoms with Crippen LogP contribution in [0.5, 0.6) is 5.88 Å². The van der Waals surface area contributed by atoms with E-state index in [2.05, 4.69) is 12.2 Å². The Bertz CT molecular complexity index is 1140. The minimum Gasteiger partial charge on any atom is -0.407 e. The summed E-state index contributed by atoms with van der Waals surface area (Å²) in [5.41, 5.74) is 5.07. The minimum atomic E-state index is -0.403. The zero-order chi connectivity index (χ0) is 24.2. The Labute approximate surface area is 196 Å². The van der Waals surface area contributed by atoms with Gasteiger partial charge in [0.1, 0.15) is 0 Å². The summed E-state index contributed by atoms with van der Waals surface area (Å²) in [6.07, 6.45) is 2.08. The first-order valence-electron chi connectivity index (χ1n) is 11.4. The molecule has 0 bridgehead atoms. The van der Waals surface area contributed by atoms with Crippen LogP contribution in [0.4, 0.5) is 5.69 Å². The maximum atomic E-state index is 12.3. The Morgan fingerprint density at radius 3 is 2.30 bits per heavy atom. The number of amides is 1. The molecule has 174 valence electrons. The number of carbonyl (C=O) groups is 2. The van der Waals surface area contributed by atoms with Crippen LogP contribution in [0, 0.1) is 12.3 Å². The van der Waals surface area contributed by atoms with E-state index in [-0.39, 0.29) is 11.3 Å². The smallest absolute Gasteiger partial charge is 0.309 e. The summed E-state index contributed by atoms with van der Waals surface area (Å²) in [7, 11) is 0. The molecule has 3 aromatic rings. The molecular weight excluding hydrogens is 414 g/mol. The molecule has 1 N–H and O–H groups in total. The molecule has 0 fully saturated rings. The van der Waals surface area contributed by atoms with Crippen molar-refractivity contribution in [1.82, 2.24) is 9.78 Å². The van der Waals surface area contributed by atoms with E-state index in [0.29, 0.717) is 12.3 Å². The van der Waals surface area contributed by atoms with Crippen molar-refractivity contribution in [2.75, 3.05) is 5.32 Å². The van der Waals surface area contributed by atoms with Crippen molar-refractivity contribution in [3.05, 3.63) is 59.8 Å². The highest BCUT2D eigenvalue weighted by atomic mass is 16.5. The second-order valence-corrected chi connectivity index (χ2v) is 9.53. The number of hydrogen-bond acceptors (Lipinski definition) is 4. The average molecular weight is 448 g/mol. The van der Waals surface area contributed by atoms with Crippen molar-refractivity contribution in [3.63, 3.8) is 0 Å². The van der Waals surface area contributed by atoms with Gasteiger partial charge in [0.2, 0.25) is 11.8 Å². The van der Waals surface area contributed by atoms with E-state index in [0.717, 1.165) is 46.6 Å². The average Bonchev–Trinajstić information content (AvgIpc) is 3.05. The Hall–Kier alpha value is -3.41. The van der Waals surface area contributed by atoms with Crippen molar-refractivity contribution < 1.29 is 14.3 Å². The Kier molecular flexibility index (Phi) is 7.36. The molecule has 1 amide bonds. The van der Waals surface area contributed by atoms with Crippen molar-refractivity contribution in [3.8, 4) is 22.7 Å². The van der Waals surface area contributed by atoms with E-state index >= 15 is 0 Å². The molecule has 6 heteroatoms. The highest BCUT2D eigenvalue weighted by molar-refractivity contribution is 5.91. The lowest BCUT2D eigenvalue weighted by Gasteiger charge is -2.17. The lowest BCUT2D eigenvalue weighted by molar-refractivity contribution is -0.132. The number of nitrogens with zero attached hydrogens (tertiary/aromatic N) is 2. The number of esters is 1. The van der Waals surface area contributed by atoms with Crippen LogP contribution in [-0.4, -0.2) is 21.7 Å². The van der Waals surface area contributed by atoms with Crippen molar-refractivity contribution in [2.24, 2.45) is 5.41 Å². The fourth-order valence-electron chi connectivity index (χ4n) is 3.75. The number of nitrogens with one attached hydrogen (secondary N) is 1. The molecule has 1 aromatic heterocycles. The maximum Gasteiger partial charge on any atom is 0.309 e. The number of para-hydroxylation sites is 1. The standard InChI is InChI=1S/C27H33N3O3/c1-7-10-22-25(20-13-15-21(16-14-20)28-24(32)17-27(4,5)6)26(33-19(3)31)30(29-22)23-12-9-8-11-18(23)2/h8-9,11-16H,7,10,17H2,1-6H3,(H,28,32). The van der Waals surface area contributed by atoms with Gasteiger partial charge in [-0.2, -0.15) is 9.78 Å². The SMILES string of the molecule is CCCc1nn(-c2ccccc2C)c(OC(C)=O)c1-c1ccc(NC(=O)CC(C)(C)C)cc1. The fourth-order valence-corrected chi connectivity index (χ4v) is 3.75. The predicted molar refractivity (Wildman–Crippen MR) is 132 cm³/mol. The van der Waals surface area contributed by atoms with Gasteiger partial charge in [0.25, 0.3) is 0 Å². The number of carbonyl (C=O) groups excluding carboxylic acids is 2. The summed E-state index contributed by atoms with van der Waals surface area (Å²) in [6, 6.07) is 15.5. The predicted octanol–water partition coefficient (Wildman–Crippen LogP) is 6.10. The molecule has 0 spiro atoms. The van der Waals surface area contributed by atoms with Gasteiger partial charge in [0.15, 0.2) is 0 Å². The van der Waals surface area contributed by atoms with Gasteiger partial charge >= 0.3 is 5.97 Å². The topological polar surface area (TPSA) is 73.2 Å². The normalized spacial score (nSPS) is 11.3. The maximum absolute atomic E-state index is 12.3. The third-order valence-corrected chi connectivity index (χ3v) is 5.13. The summed E-state index contributed by atoms with van der Waals surface area (Å²) >= 11 is 0. The summed E-state index contributed by atoms with van der Waals surface area (Å²) < 4.78 is 7.43. The number of ether oxygens (including phenoxy) is 1. The zero-order valence-corrected chi connectivity index (χ0v) is 20.4. The van der Waals surface area contributed by atoms with Crippen LogP contribution in [0.2, 0.25) is 0 Å².